The number of halogens is 1. The summed E-state index contributed by atoms with van der Waals surface area (Å²) < 4.78 is 0. The Bertz CT molecular complexity index is 418. The van der Waals surface area contributed by atoms with Crippen LogP contribution in [0.4, 0.5) is 0 Å². The summed E-state index contributed by atoms with van der Waals surface area (Å²) in [6.45, 7) is 6.61. The van der Waals surface area contributed by atoms with Crippen LogP contribution in [0.1, 0.15) is 11.3 Å². The molecule has 0 unspecified atom stereocenters. The third-order valence-electron chi connectivity index (χ3n) is 3.28. The first-order chi connectivity index (χ1) is 9.15. The molecular weight excluding hydrogens is 276 g/mol. The number of aromatic nitrogens is 1. The minimum atomic E-state index is 0. The van der Waals surface area contributed by atoms with Crippen molar-refractivity contribution >= 4 is 18.3 Å². The largest absolute Gasteiger partial charge is 0.339 e. The fourth-order valence-corrected chi connectivity index (χ4v) is 2.17. The van der Waals surface area contributed by atoms with Crippen molar-refractivity contribution in [2.45, 2.75) is 13.5 Å². The summed E-state index contributed by atoms with van der Waals surface area (Å²) in [7, 11) is 1.96. The number of piperazine rings is 1. The van der Waals surface area contributed by atoms with Gasteiger partial charge in [0.25, 0.3) is 0 Å². The van der Waals surface area contributed by atoms with E-state index < -0.39 is 0 Å². The molecule has 112 valence electrons. The highest BCUT2D eigenvalue weighted by Gasteiger charge is 2.17. The summed E-state index contributed by atoms with van der Waals surface area (Å²) >= 11 is 0. The fraction of sp³-hybridized carbons (Fsp3) is 0.571. The van der Waals surface area contributed by atoms with Gasteiger partial charge in [0.2, 0.25) is 5.91 Å². The van der Waals surface area contributed by atoms with E-state index in [0.717, 1.165) is 37.4 Å². The number of aryl methyl sites for hydroxylation is 1. The Kier molecular flexibility index (Phi) is 6.91. The van der Waals surface area contributed by atoms with Crippen LogP contribution in [0.15, 0.2) is 18.3 Å². The monoisotopic (exact) mass is 298 g/mol. The lowest BCUT2D eigenvalue weighted by Crippen LogP contribution is -2.49. The van der Waals surface area contributed by atoms with Gasteiger partial charge in [-0.3, -0.25) is 14.7 Å². The lowest BCUT2D eigenvalue weighted by atomic mass is 10.2. The molecule has 1 saturated heterocycles. The highest BCUT2D eigenvalue weighted by atomic mass is 35.5. The van der Waals surface area contributed by atoms with Gasteiger partial charge in [-0.2, -0.15) is 0 Å². The van der Waals surface area contributed by atoms with Gasteiger partial charge in [-0.05, 0) is 25.6 Å². The van der Waals surface area contributed by atoms with Crippen LogP contribution >= 0.6 is 12.4 Å². The molecule has 1 aliphatic rings. The lowest BCUT2D eigenvalue weighted by molar-refractivity contribution is -0.132. The Balaban J connectivity index is 0.00000200. The molecule has 1 aromatic rings. The third-order valence-corrected chi connectivity index (χ3v) is 3.28. The first-order valence-electron chi connectivity index (χ1n) is 6.74. The Morgan fingerprint density at radius 2 is 2.10 bits per heavy atom. The first-order valence-corrected chi connectivity index (χ1v) is 6.74. The summed E-state index contributed by atoms with van der Waals surface area (Å²) in [5, 5.41) is 3.25. The van der Waals surface area contributed by atoms with E-state index in [1.165, 1.54) is 0 Å². The van der Waals surface area contributed by atoms with Crippen LogP contribution in [0, 0.1) is 6.92 Å². The van der Waals surface area contributed by atoms with Crippen molar-refractivity contribution in [2.24, 2.45) is 0 Å². The minimum Gasteiger partial charge on any atom is -0.339 e. The average molecular weight is 299 g/mol. The van der Waals surface area contributed by atoms with E-state index in [9.17, 15) is 4.79 Å². The molecule has 0 saturated carbocycles. The van der Waals surface area contributed by atoms with Gasteiger partial charge >= 0.3 is 0 Å². The highest BCUT2D eigenvalue weighted by molar-refractivity contribution is 5.85. The van der Waals surface area contributed by atoms with Crippen molar-refractivity contribution in [2.75, 3.05) is 39.8 Å². The van der Waals surface area contributed by atoms with Crippen molar-refractivity contribution < 1.29 is 4.79 Å². The average Bonchev–Trinajstić information content (AvgIpc) is 2.42. The molecule has 5 nitrogen and oxygen atoms in total. The smallest absolute Gasteiger partial charge is 0.236 e. The van der Waals surface area contributed by atoms with E-state index in [1.807, 2.05) is 42.1 Å². The fourth-order valence-electron chi connectivity index (χ4n) is 2.17. The van der Waals surface area contributed by atoms with Gasteiger partial charge < -0.3 is 10.2 Å². The predicted molar refractivity (Wildman–Crippen MR) is 82.0 cm³/mol. The molecule has 1 fully saturated rings. The van der Waals surface area contributed by atoms with Crippen molar-refractivity contribution in [1.82, 2.24) is 20.1 Å². The zero-order valence-corrected chi connectivity index (χ0v) is 12.9. The molecule has 0 bridgehead atoms. The van der Waals surface area contributed by atoms with E-state index in [4.69, 9.17) is 0 Å². The quantitative estimate of drug-likeness (QED) is 0.888. The van der Waals surface area contributed by atoms with E-state index in [0.29, 0.717) is 13.1 Å². The van der Waals surface area contributed by atoms with Gasteiger partial charge in [0, 0.05) is 38.9 Å². The Hall–Kier alpha value is -1.17. The van der Waals surface area contributed by atoms with E-state index in [2.05, 4.69) is 10.3 Å². The Morgan fingerprint density at radius 3 is 2.70 bits per heavy atom. The topological polar surface area (TPSA) is 48.5 Å². The van der Waals surface area contributed by atoms with Crippen molar-refractivity contribution in [3.05, 3.63) is 29.6 Å². The Morgan fingerprint density at radius 1 is 1.40 bits per heavy atom. The molecule has 6 heteroatoms. The number of nitrogens with one attached hydrogen (secondary N) is 1. The first kappa shape index (κ1) is 16.9. The normalized spacial score (nSPS) is 15.1. The third kappa shape index (κ3) is 5.07. The van der Waals surface area contributed by atoms with Gasteiger partial charge in [-0.25, -0.2) is 0 Å². The SMILES string of the molecule is Cc1ccc(CN(C)CC(=O)N2CCNCC2)nc1.Cl. The van der Waals surface area contributed by atoms with Crippen LogP contribution < -0.4 is 5.32 Å². The number of amides is 1. The number of rotatable bonds is 4. The van der Waals surface area contributed by atoms with Gasteiger partial charge in [0.1, 0.15) is 0 Å². The standard InChI is InChI=1S/C14H22N4O.ClH/c1-12-3-4-13(16-9-12)10-17(2)11-14(19)18-7-5-15-6-8-18;/h3-4,9,15H,5-8,10-11H2,1-2H3;1H. The second kappa shape index (κ2) is 8.19. The predicted octanol–water partition coefficient (Wildman–Crippen LogP) is 0.675. The molecule has 2 heterocycles. The van der Waals surface area contributed by atoms with Crippen LogP contribution in [-0.4, -0.2) is 60.5 Å². The summed E-state index contributed by atoms with van der Waals surface area (Å²) in [4.78, 5) is 20.4. The van der Waals surface area contributed by atoms with Crippen molar-refractivity contribution in [3.8, 4) is 0 Å². The van der Waals surface area contributed by atoms with Crippen LogP contribution in [0.2, 0.25) is 0 Å². The van der Waals surface area contributed by atoms with E-state index in [-0.39, 0.29) is 18.3 Å². The summed E-state index contributed by atoms with van der Waals surface area (Å²) in [6.07, 6.45) is 1.86. The lowest BCUT2D eigenvalue weighted by Gasteiger charge is -2.29. The number of hydrogen-bond acceptors (Lipinski definition) is 4. The van der Waals surface area contributed by atoms with Crippen LogP contribution in [-0.2, 0) is 11.3 Å². The van der Waals surface area contributed by atoms with Crippen LogP contribution in [0.3, 0.4) is 0 Å². The molecule has 1 amide bonds. The van der Waals surface area contributed by atoms with Gasteiger partial charge in [-0.1, -0.05) is 6.07 Å². The highest BCUT2D eigenvalue weighted by Crippen LogP contribution is 2.03. The number of pyridine rings is 1. The molecule has 1 aromatic heterocycles. The summed E-state index contributed by atoms with van der Waals surface area (Å²) in [5.74, 6) is 0.205. The molecule has 1 N–H and O–H groups in total. The van der Waals surface area contributed by atoms with Gasteiger partial charge in [-0.15, -0.1) is 12.4 Å². The molecule has 0 spiro atoms. The molecular formula is C14H23ClN4O. The molecule has 2 rings (SSSR count). The number of carbonyl (C=O) groups is 1. The molecule has 0 atom stereocenters. The van der Waals surface area contributed by atoms with Crippen LogP contribution in [0.25, 0.3) is 0 Å². The van der Waals surface area contributed by atoms with Crippen LogP contribution in [0.5, 0.6) is 0 Å². The Labute approximate surface area is 126 Å². The molecule has 0 radical (unpaired) electrons. The number of hydrogen-bond donors (Lipinski definition) is 1. The summed E-state index contributed by atoms with van der Waals surface area (Å²) in [6, 6.07) is 4.06. The van der Waals surface area contributed by atoms with Gasteiger partial charge in [0.15, 0.2) is 0 Å². The maximum atomic E-state index is 12.1. The second-order valence-electron chi connectivity index (χ2n) is 5.13. The summed E-state index contributed by atoms with van der Waals surface area (Å²) in [5.41, 5.74) is 2.16. The van der Waals surface area contributed by atoms with Crippen molar-refractivity contribution in [3.63, 3.8) is 0 Å². The van der Waals surface area contributed by atoms with E-state index >= 15 is 0 Å². The zero-order chi connectivity index (χ0) is 13.7. The number of nitrogens with zero attached hydrogens (tertiary/aromatic N) is 3. The maximum Gasteiger partial charge on any atom is 0.236 e. The van der Waals surface area contributed by atoms with Gasteiger partial charge in [0.05, 0.1) is 12.2 Å². The molecule has 0 aromatic carbocycles. The molecule has 20 heavy (non-hydrogen) atoms. The number of likely N-dealkylation sites (N-methyl/N-ethyl adjacent to an activating group) is 1. The number of carbonyl (C=O) groups excluding carboxylic acids is 1. The zero-order valence-electron chi connectivity index (χ0n) is 12.1. The second-order valence-corrected chi connectivity index (χ2v) is 5.13. The molecule has 0 aliphatic carbocycles. The maximum absolute atomic E-state index is 12.1. The minimum absolute atomic E-state index is 0. The van der Waals surface area contributed by atoms with Crippen molar-refractivity contribution in [1.29, 1.82) is 0 Å². The molecule has 1 aliphatic heterocycles. The van der Waals surface area contributed by atoms with E-state index in [1.54, 1.807) is 0 Å².